The zero-order chi connectivity index (χ0) is 13.5. The predicted octanol–water partition coefficient (Wildman–Crippen LogP) is 2.24. The van der Waals surface area contributed by atoms with E-state index in [1.807, 2.05) is 0 Å². The highest BCUT2D eigenvalue weighted by atomic mass is 35.5. The number of ether oxygens (including phenoxy) is 1. The van der Waals surface area contributed by atoms with E-state index < -0.39 is 0 Å². The summed E-state index contributed by atoms with van der Waals surface area (Å²) in [4.78, 5) is 11.9. The van der Waals surface area contributed by atoms with E-state index in [-0.39, 0.29) is 18.3 Å². The fraction of sp³-hybridized carbons (Fsp3) is 0.533. The molecule has 112 valence electrons. The maximum absolute atomic E-state index is 11.9. The van der Waals surface area contributed by atoms with Crippen LogP contribution < -0.4 is 15.4 Å². The van der Waals surface area contributed by atoms with Gasteiger partial charge in [-0.05, 0) is 62.5 Å². The first-order valence-electron chi connectivity index (χ1n) is 6.92. The van der Waals surface area contributed by atoms with Crippen molar-refractivity contribution < 1.29 is 9.53 Å². The SMILES string of the molecule is COc1ccc(C(=O)NCCC2CCCNC2)cc1.Cl. The average molecular weight is 299 g/mol. The minimum atomic E-state index is -0.00794. The van der Waals surface area contributed by atoms with Crippen LogP contribution in [0.2, 0.25) is 0 Å². The van der Waals surface area contributed by atoms with Crippen molar-refractivity contribution >= 4 is 18.3 Å². The van der Waals surface area contributed by atoms with E-state index in [0.29, 0.717) is 11.5 Å². The summed E-state index contributed by atoms with van der Waals surface area (Å²) in [5, 5.41) is 6.37. The van der Waals surface area contributed by atoms with E-state index in [2.05, 4.69) is 10.6 Å². The minimum absolute atomic E-state index is 0. The quantitative estimate of drug-likeness (QED) is 0.876. The third-order valence-electron chi connectivity index (χ3n) is 3.59. The van der Waals surface area contributed by atoms with Gasteiger partial charge in [-0.2, -0.15) is 0 Å². The van der Waals surface area contributed by atoms with Crippen LogP contribution in [-0.2, 0) is 0 Å². The molecule has 1 fully saturated rings. The van der Waals surface area contributed by atoms with Crippen LogP contribution >= 0.6 is 12.4 Å². The van der Waals surface area contributed by atoms with E-state index in [1.165, 1.54) is 12.8 Å². The van der Waals surface area contributed by atoms with Crippen LogP contribution in [0.15, 0.2) is 24.3 Å². The number of hydrogen-bond donors (Lipinski definition) is 2. The lowest BCUT2D eigenvalue weighted by Gasteiger charge is -2.22. The maximum Gasteiger partial charge on any atom is 0.251 e. The Bertz CT molecular complexity index is 403. The third kappa shape index (κ3) is 5.02. The number of carbonyl (C=O) groups excluding carboxylic acids is 1. The monoisotopic (exact) mass is 298 g/mol. The lowest BCUT2D eigenvalue weighted by atomic mass is 9.96. The molecule has 1 aromatic carbocycles. The van der Waals surface area contributed by atoms with Gasteiger partial charge in [0.1, 0.15) is 5.75 Å². The van der Waals surface area contributed by atoms with Crippen LogP contribution in [0.5, 0.6) is 5.75 Å². The molecule has 0 aliphatic carbocycles. The molecule has 0 saturated carbocycles. The number of hydrogen-bond acceptors (Lipinski definition) is 3. The van der Waals surface area contributed by atoms with E-state index in [4.69, 9.17) is 4.74 Å². The van der Waals surface area contributed by atoms with Crippen LogP contribution in [0.25, 0.3) is 0 Å². The van der Waals surface area contributed by atoms with Crippen molar-refractivity contribution in [2.45, 2.75) is 19.3 Å². The van der Waals surface area contributed by atoms with Gasteiger partial charge in [-0.3, -0.25) is 4.79 Å². The maximum atomic E-state index is 11.9. The Morgan fingerprint density at radius 3 is 2.75 bits per heavy atom. The molecule has 1 aromatic rings. The van der Waals surface area contributed by atoms with Gasteiger partial charge in [-0.25, -0.2) is 0 Å². The predicted molar refractivity (Wildman–Crippen MR) is 82.8 cm³/mol. The summed E-state index contributed by atoms with van der Waals surface area (Å²) < 4.78 is 5.07. The Labute approximate surface area is 126 Å². The Morgan fingerprint density at radius 2 is 2.15 bits per heavy atom. The van der Waals surface area contributed by atoms with Gasteiger partial charge in [0.25, 0.3) is 5.91 Å². The van der Waals surface area contributed by atoms with Crippen molar-refractivity contribution in [3.05, 3.63) is 29.8 Å². The van der Waals surface area contributed by atoms with Crippen LogP contribution in [0.4, 0.5) is 0 Å². The number of nitrogens with one attached hydrogen (secondary N) is 2. The van der Waals surface area contributed by atoms with E-state index in [1.54, 1.807) is 31.4 Å². The molecule has 2 rings (SSSR count). The molecular formula is C15H23ClN2O2. The number of carbonyl (C=O) groups is 1. The smallest absolute Gasteiger partial charge is 0.251 e. The molecule has 0 bridgehead atoms. The van der Waals surface area contributed by atoms with E-state index >= 15 is 0 Å². The van der Waals surface area contributed by atoms with Gasteiger partial charge < -0.3 is 15.4 Å². The highest BCUT2D eigenvalue weighted by Crippen LogP contribution is 2.14. The Hall–Kier alpha value is -1.26. The Morgan fingerprint density at radius 1 is 1.40 bits per heavy atom. The molecule has 1 heterocycles. The summed E-state index contributed by atoms with van der Waals surface area (Å²) in [5.41, 5.74) is 0.683. The molecule has 0 radical (unpaired) electrons. The van der Waals surface area contributed by atoms with E-state index in [9.17, 15) is 4.79 Å². The van der Waals surface area contributed by atoms with Crippen molar-refractivity contribution in [1.29, 1.82) is 0 Å². The molecule has 0 spiro atoms. The molecular weight excluding hydrogens is 276 g/mol. The molecule has 5 heteroatoms. The molecule has 2 N–H and O–H groups in total. The van der Waals surface area contributed by atoms with Crippen molar-refractivity contribution in [3.8, 4) is 5.75 Å². The van der Waals surface area contributed by atoms with Gasteiger partial charge in [-0.1, -0.05) is 0 Å². The average Bonchev–Trinajstić information content (AvgIpc) is 2.48. The molecule has 20 heavy (non-hydrogen) atoms. The first kappa shape index (κ1) is 16.8. The summed E-state index contributed by atoms with van der Waals surface area (Å²) in [6, 6.07) is 7.19. The fourth-order valence-electron chi connectivity index (χ4n) is 2.40. The zero-order valence-corrected chi connectivity index (χ0v) is 12.7. The fourth-order valence-corrected chi connectivity index (χ4v) is 2.40. The number of rotatable bonds is 5. The Balaban J connectivity index is 0.00000200. The molecule has 4 nitrogen and oxygen atoms in total. The number of halogens is 1. The Kier molecular flexibility index (Phi) is 7.41. The van der Waals surface area contributed by atoms with Crippen molar-refractivity contribution in [1.82, 2.24) is 10.6 Å². The topological polar surface area (TPSA) is 50.4 Å². The molecule has 1 unspecified atom stereocenters. The minimum Gasteiger partial charge on any atom is -0.497 e. The number of methoxy groups -OCH3 is 1. The van der Waals surface area contributed by atoms with Gasteiger partial charge >= 0.3 is 0 Å². The van der Waals surface area contributed by atoms with Crippen molar-refractivity contribution in [3.63, 3.8) is 0 Å². The molecule has 1 aliphatic rings. The lowest BCUT2D eigenvalue weighted by Crippen LogP contribution is -2.33. The molecule has 1 saturated heterocycles. The second-order valence-electron chi connectivity index (χ2n) is 4.99. The van der Waals surface area contributed by atoms with Crippen molar-refractivity contribution in [2.75, 3.05) is 26.7 Å². The van der Waals surface area contributed by atoms with Crippen molar-refractivity contribution in [2.24, 2.45) is 5.92 Å². The normalized spacial score (nSPS) is 17.9. The van der Waals surface area contributed by atoms with Crippen LogP contribution in [-0.4, -0.2) is 32.7 Å². The highest BCUT2D eigenvalue weighted by Gasteiger charge is 2.13. The molecule has 1 aliphatic heterocycles. The lowest BCUT2D eigenvalue weighted by molar-refractivity contribution is 0.0950. The second kappa shape index (κ2) is 8.82. The number of amides is 1. The molecule has 1 amide bonds. The summed E-state index contributed by atoms with van der Waals surface area (Å²) in [7, 11) is 1.62. The molecule has 0 aromatic heterocycles. The second-order valence-corrected chi connectivity index (χ2v) is 4.99. The van der Waals surface area contributed by atoms with Crippen LogP contribution in [0.1, 0.15) is 29.6 Å². The number of piperidine rings is 1. The first-order valence-corrected chi connectivity index (χ1v) is 6.92. The van der Waals surface area contributed by atoms with Gasteiger partial charge in [0.2, 0.25) is 0 Å². The third-order valence-corrected chi connectivity index (χ3v) is 3.59. The summed E-state index contributed by atoms with van der Waals surface area (Å²) in [6.07, 6.45) is 3.57. The molecule has 1 atom stereocenters. The zero-order valence-electron chi connectivity index (χ0n) is 11.9. The van der Waals surface area contributed by atoms with Crippen LogP contribution in [0.3, 0.4) is 0 Å². The van der Waals surface area contributed by atoms with E-state index in [0.717, 1.165) is 31.8 Å². The van der Waals surface area contributed by atoms with Gasteiger partial charge in [-0.15, -0.1) is 12.4 Å². The summed E-state index contributed by atoms with van der Waals surface area (Å²) >= 11 is 0. The highest BCUT2D eigenvalue weighted by molar-refractivity contribution is 5.94. The van der Waals surface area contributed by atoms with Gasteiger partial charge in [0.05, 0.1) is 7.11 Å². The first-order chi connectivity index (χ1) is 9.29. The number of benzene rings is 1. The largest absolute Gasteiger partial charge is 0.497 e. The van der Waals surface area contributed by atoms with Gasteiger partial charge in [0, 0.05) is 12.1 Å². The summed E-state index contributed by atoms with van der Waals surface area (Å²) in [5.74, 6) is 1.46. The van der Waals surface area contributed by atoms with Crippen LogP contribution in [0, 0.1) is 5.92 Å². The van der Waals surface area contributed by atoms with Gasteiger partial charge in [0.15, 0.2) is 0 Å². The summed E-state index contributed by atoms with van der Waals surface area (Å²) in [6.45, 7) is 2.96. The standard InChI is InChI=1S/C15H22N2O2.ClH/c1-19-14-6-4-13(5-7-14)15(18)17-10-8-12-3-2-9-16-11-12;/h4-7,12,16H,2-3,8-11H2,1H3,(H,17,18);1H.